The lowest BCUT2D eigenvalue weighted by molar-refractivity contribution is 0.0931. The number of carbonyl (C=O) groups is 1. The summed E-state index contributed by atoms with van der Waals surface area (Å²) in [5.74, 6) is 1.47. The summed E-state index contributed by atoms with van der Waals surface area (Å²) in [5, 5.41) is 3.72. The number of methoxy groups -OCH3 is 1. The quantitative estimate of drug-likeness (QED) is 0.668. The minimum Gasteiger partial charge on any atom is -0.497 e. The predicted octanol–water partition coefficient (Wildman–Crippen LogP) is 4.33. The van der Waals surface area contributed by atoms with Crippen LogP contribution < -0.4 is 14.8 Å². The third-order valence-corrected chi connectivity index (χ3v) is 4.93. The molecule has 144 valence electrons. The number of hydrogen-bond acceptors (Lipinski definition) is 5. The van der Waals surface area contributed by atoms with E-state index in [1.807, 2.05) is 18.2 Å². The lowest BCUT2D eigenvalue weighted by Crippen LogP contribution is -2.27. The number of carbonyl (C=O) groups excluding carboxylic acids is 1. The highest BCUT2D eigenvalue weighted by Gasteiger charge is 2.25. The van der Waals surface area contributed by atoms with E-state index >= 15 is 0 Å². The second-order valence-electron chi connectivity index (χ2n) is 6.50. The summed E-state index contributed by atoms with van der Waals surface area (Å²) < 4.78 is 16.1. The topological polar surface area (TPSA) is 73.6 Å². The van der Waals surface area contributed by atoms with Crippen LogP contribution in [0.2, 0.25) is 5.02 Å². The number of fused-ring (bicyclic) bond motifs is 1. The van der Waals surface area contributed by atoms with Gasteiger partial charge in [-0.25, -0.2) is 4.98 Å². The van der Waals surface area contributed by atoms with E-state index in [2.05, 4.69) is 10.3 Å². The van der Waals surface area contributed by atoms with E-state index in [0.29, 0.717) is 16.7 Å². The van der Waals surface area contributed by atoms with Gasteiger partial charge in [-0.05, 0) is 60.4 Å². The van der Waals surface area contributed by atoms with Crippen LogP contribution in [0.25, 0.3) is 0 Å². The highest BCUT2D eigenvalue weighted by atomic mass is 35.5. The number of aryl methyl sites for hydroxylation is 1. The second kappa shape index (κ2) is 7.94. The molecule has 0 bridgehead atoms. The van der Waals surface area contributed by atoms with Crippen molar-refractivity contribution in [3.63, 3.8) is 0 Å². The van der Waals surface area contributed by atoms with Gasteiger partial charge in [-0.2, -0.15) is 0 Å². The molecule has 0 saturated heterocycles. The van der Waals surface area contributed by atoms with Crippen LogP contribution >= 0.6 is 11.6 Å². The van der Waals surface area contributed by atoms with Gasteiger partial charge >= 0.3 is 0 Å². The molecule has 7 heteroatoms. The molecule has 0 aliphatic heterocycles. The number of hydrogen-bond donors (Lipinski definition) is 1. The molecule has 1 amide bonds. The summed E-state index contributed by atoms with van der Waals surface area (Å²) in [6.45, 7) is 0.129. The molecule has 1 aliphatic carbocycles. The maximum absolute atomic E-state index is 12.5. The van der Waals surface area contributed by atoms with Crippen LogP contribution in [0.15, 0.2) is 53.1 Å². The number of nitrogens with zero attached hydrogens (tertiary/aromatic N) is 1. The lowest BCUT2D eigenvalue weighted by atomic mass is 10.1. The van der Waals surface area contributed by atoms with Crippen LogP contribution in [0.1, 0.15) is 40.0 Å². The average Bonchev–Trinajstić information content (AvgIpc) is 3.34. The third-order valence-electron chi connectivity index (χ3n) is 4.69. The SMILES string of the molecule is COc1ccc(OCc2nc(C(=O)NC3CCc4cc(Cl)ccc43)co2)cc1. The molecule has 1 atom stereocenters. The van der Waals surface area contributed by atoms with Crippen molar-refractivity contribution in [2.45, 2.75) is 25.5 Å². The van der Waals surface area contributed by atoms with E-state index in [1.54, 1.807) is 31.4 Å². The molecular formula is C21H19ClN2O4. The van der Waals surface area contributed by atoms with Gasteiger partial charge in [0, 0.05) is 5.02 Å². The van der Waals surface area contributed by atoms with Gasteiger partial charge in [0.1, 0.15) is 17.8 Å². The van der Waals surface area contributed by atoms with Crippen molar-refractivity contribution in [1.29, 1.82) is 0 Å². The number of ether oxygens (including phenoxy) is 2. The summed E-state index contributed by atoms with van der Waals surface area (Å²) in [6, 6.07) is 12.9. The van der Waals surface area contributed by atoms with Crippen molar-refractivity contribution >= 4 is 17.5 Å². The first kappa shape index (κ1) is 18.4. The summed E-state index contributed by atoms with van der Waals surface area (Å²) >= 11 is 6.04. The van der Waals surface area contributed by atoms with Crippen molar-refractivity contribution in [2.24, 2.45) is 0 Å². The highest BCUT2D eigenvalue weighted by Crippen LogP contribution is 2.33. The van der Waals surface area contributed by atoms with Crippen LogP contribution in [-0.2, 0) is 13.0 Å². The largest absolute Gasteiger partial charge is 0.497 e. The summed E-state index contributed by atoms with van der Waals surface area (Å²) in [4.78, 5) is 16.7. The molecule has 6 nitrogen and oxygen atoms in total. The van der Waals surface area contributed by atoms with E-state index in [1.165, 1.54) is 11.8 Å². The Morgan fingerprint density at radius 2 is 2.04 bits per heavy atom. The zero-order chi connectivity index (χ0) is 19.5. The van der Waals surface area contributed by atoms with E-state index in [9.17, 15) is 4.79 Å². The third kappa shape index (κ3) is 3.97. The first-order chi connectivity index (χ1) is 13.6. The Morgan fingerprint density at radius 3 is 2.82 bits per heavy atom. The number of halogens is 1. The molecule has 0 fully saturated rings. The van der Waals surface area contributed by atoms with Gasteiger partial charge in [-0.1, -0.05) is 17.7 Å². The number of oxazole rings is 1. The van der Waals surface area contributed by atoms with Gasteiger partial charge in [0.15, 0.2) is 12.3 Å². The van der Waals surface area contributed by atoms with Crippen LogP contribution in [0.3, 0.4) is 0 Å². The fourth-order valence-electron chi connectivity index (χ4n) is 3.27. The number of nitrogens with one attached hydrogen (secondary N) is 1. The Morgan fingerprint density at radius 1 is 1.25 bits per heavy atom. The number of amides is 1. The fraction of sp³-hybridized carbons (Fsp3) is 0.238. The monoisotopic (exact) mass is 398 g/mol. The zero-order valence-corrected chi connectivity index (χ0v) is 16.0. The lowest BCUT2D eigenvalue weighted by Gasteiger charge is -2.13. The molecule has 0 radical (unpaired) electrons. The van der Waals surface area contributed by atoms with Gasteiger partial charge in [0.05, 0.1) is 13.2 Å². The molecule has 3 aromatic rings. The minimum absolute atomic E-state index is 0.0459. The molecule has 1 unspecified atom stereocenters. The van der Waals surface area contributed by atoms with Gasteiger partial charge in [-0.15, -0.1) is 0 Å². The van der Waals surface area contributed by atoms with Gasteiger partial charge in [-0.3, -0.25) is 4.79 Å². The zero-order valence-electron chi connectivity index (χ0n) is 15.3. The van der Waals surface area contributed by atoms with Gasteiger partial charge in [0.25, 0.3) is 5.91 Å². The summed E-state index contributed by atoms with van der Waals surface area (Å²) in [7, 11) is 1.61. The Labute approximate surface area is 167 Å². The van der Waals surface area contributed by atoms with Crippen molar-refractivity contribution in [1.82, 2.24) is 10.3 Å². The number of benzene rings is 2. The van der Waals surface area contributed by atoms with E-state index in [4.69, 9.17) is 25.5 Å². The Kier molecular flexibility index (Phi) is 5.21. The molecule has 4 rings (SSSR count). The molecule has 28 heavy (non-hydrogen) atoms. The Bertz CT molecular complexity index is 984. The highest BCUT2D eigenvalue weighted by molar-refractivity contribution is 6.30. The molecule has 1 N–H and O–H groups in total. The van der Waals surface area contributed by atoms with Crippen LogP contribution in [0.4, 0.5) is 0 Å². The standard InChI is InChI=1S/C21H19ClN2O4/c1-26-15-4-6-16(7-5-15)27-12-20-23-19(11-28-20)21(25)24-18-9-2-13-10-14(22)3-8-17(13)18/h3-8,10-11,18H,2,9,12H2,1H3,(H,24,25). The van der Waals surface area contributed by atoms with Crippen LogP contribution in [0.5, 0.6) is 11.5 Å². The maximum Gasteiger partial charge on any atom is 0.273 e. The first-order valence-corrected chi connectivity index (χ1v) is 9.30. The second-order valence-corrected chi connectivity index (χ2v) is 6.93. The normalized spacial score (nSPS) is 15.1. The number of aromatic nitrogens is 1. The van der Waals surface area contributed by atoms with Crippen molar-refractivity contribution in [3.8, 4) is 11.5 Å². The fourth-order valence-corrected chi connectivity index (χ4v) is 3.46. The average molecular weight is 399 g/mol. The maximum atomic E-state index is 12.5. The molecule has 1 aliphatic rings. The Balaban J connectivity index is 1.35. The number of rotatable bonds is 6. The first-order valence-electron chi connectivity index (χ1n) is 8.93. The van der Waals surface area contributed by atoms with Gasteiger partial charge < -0.3 is 19.2 Å². The Hall–Kier alpha value is -2.99. The van der Waals surface area contributed by atoms with Crippen LogP contribution in [-0.4, -0.2) is 18.0 Å². The minimum atomic E-state index is -0.271. The molecule has 2 aromatic carbocycles. The smallest absolute Gasteiger partial charge is 0.273 e. The predicted molar refractivity (Wildman–Crippen MR) is 104 cm³/mol. The van der Waals surface area contributed by atoms with Crippen LogP contribution in [0, 0.1) is 0 Å². The molecule has 0 spiro atoms. The molecule has 1 aromatic heterocycles. The molecule has 0 saturated carbocycles. The van der Waals surface area contributed by atoms with E-state index in [-0.39, 0.29) is 24.2 Å². The molecular weight excluding hydrogens is 380 g/mol. The summed E-state index contributed by atoms with van der Waals surface area (Å²) in [6.07, 6.45) is 3.08. The summed E-state index contributed by atoms with van der Waals surface area (Å²) in [5.41, 5.74) is 2.51. The van der Waals surface area contributed by atoms with E-state index < -0.39 is 0 Å². The molecule has 1 heterocycles. The van der Waals surface area contributed by atoms with E-state index in [0.717, 1.165) is 24.2 Å². The van der Waals surface area contributed by atoms with Gasteiger partial charge in [0.2, 0.25) is 5.89 Å². The van der Waals surface area contributed by atoms with Crippen molar-refractivity contribution in [2.75, 3.05) is 7.11 Å². The van der Waals surface area contributed by atoms with Crippen molar-refractivity contribution < 1.29 is 18.7 Å². The van der Waals surface area contributed by atoms with Crippen molar-refractivity contribution in [3.05, 3.63) is 76.5 Å².